The van der Waals surface area contributed by atoms with Gasteiger partial charge >= 0.3 is 0 Å². The molecule has 0 aliphatic carbocycles. The van der Waals surface area contributed by atoms with Gasteiger partial charge in [0.1, 0.15) is 0 Å². The zero-order valence-electron chi connectivity index (χ0n) is 15.9. The Morgan fingerprint density at radius 1 is 1.08 bits per heavy atom. The fraction of sp³-hybridized carbons (Fsp3) is 0.619. The van der Waals surface area contributed by atoms with Gasteiger partial charge in [0.05, 0.1) is 12.0 Å². The molecular weight excluding hydrogens is 312 g/mol. The van der Waals surface area contributed by atoms with Crippen molar-refractivity contribution in [3.05, 3.63) is 35.4 Å². The van der Waals surface area contributed by atoms with Crippen molar-refractivity contribution in [2.24, 2.45) is 17.8 Å². The first kappa shape index (κ1) is 18.0. The van der Waals surface area contributed by atoms with Crippen molar-refractivity contribution in [1.82, 2.24) is 9.80 Å². The summed E-state index contributed by atoms with van der Waals surface area (Å²) in [6.45, 7) is 8.20. The first-order chi connectivity index (χ1) is 11.9. The van der Waals surface area contributed by atoms with E-state index in [-0.39, 0.29) is 23.8 Å². The maximum absolute atomic E-state index is 13.3. The second kappa shape index (κ2) is 7.19. The van der Waals surface area contributed by atoms with Crippen LogP contribution in [0.5, 0.6) is 0 Å². The fourth-order valence-corrected chi connectivity index (χ4v) is 4.59. The van der Waals surface area contributed by atoms with Crippen LogP contribution in [0.15, 0.2) is 24.3 Å². The topological polar surface area (TPSA) is 40.6 Å². The van der Waals surface area contributed by atoms with Crippen molar-refractivity contribution in [2.45, 2.75) is 46.1 Å². The van der Waals surface area contributed by atoms with Crippen LogP contribution in [-0.4, -0.2) is 41.8 Å². The summed E-state index contributed by atoms with van der Waals surface area (Å²) in [4.78, 5) is 29.5. The normalized spacial score (nSPS) is 30.5. The van der Waals surface area contributed by atoms with Gasteiger partial charge in [-0.15, -0.1) is 0 Å². The Hall–Kier alpha value is -1.84. The van der Waals surface area contributed by atoms with Crippen LogP contribution in [0.1, 0.15) is 50.3 Å². The Morgan fingerprint density at radius 2 is 1.68 bits per heavy atom. The van der Waals surface area contributed by atoms with E-state index in [2.05, 4.69) is 45.0 Å². The van der Waals surface area contributed by atoms with E-state index in [1.54, 1.807) is 4.90 Å². The van der Waals surface area contributed by atoms with Crippen molar-refractivity contribution >= 4 is 11.8 Å². The highest BCUT2D eigenvalue weighted by Crippen LogP contribution is 2.38. The molecular formula is C21H30N2O2. The average Bonchev–Trinajstić information content (AvgIpc) is 2.57. The lowest BCUT2D eigenvalue weighted by Gasteiger charge is -2.43. The van der Waals surface area contributed by atoms with Gasteiger partial charge in [0, 0.05) is 26.6 Å². The largest absolute Gasteiger partial charge is 0.342 e. The van der Waals surface area contributed by atoms with Crippen LogP contribution in [0, 0.1) is 24.7 Å². The van der Waals surface area contributed by atoms with Crippen molar-refractivity contribution in [3.63, 3.8) is 0 Å². The monoisotopic (exact) mass is 342 g/mol. The Balaban J connectivity index is 1.87. The third-order valence-corrected chi connectivity index (χ3v) is 5.78. The van der Waals surface area contributed by atoms with E-state index in [1.807, 2.05) is 11.9 Å². The van der Waals surface area contributed by atoms with Crippen LogP contribution in [-0.2, 0) is 9.59 Å². The molecule has 2 heterocycles. The number of amides is 2. The van der Waals surface area contributed by atoms with Crippen LogP contribution in [0.2, 0.25) is 0 Å². The zero-order valence-corrected chi connectivity index (χ0v) is 15.9. The van der Waals surface area contributed by atoms with Gasteiger partial charge < -0.3 is 9.80 Å². The molecule has 4 heteroatoms. The summed E-state index contributed by atoms with van der Waals surface area (Å²) in [5.74, 6) is 1.32. The molecule has 0 N–H and O–H groups in total. The molecule has 2 fully saturated rings. The fourth-order valence-electron chi connectivity index (χ4n) is 4.59. The molecule has 0 aromatic heterocycles. The lowest BCUT2D eigenvalue weighted by atomic mass is 9.82. The number of carbonyl (C=O) groups excluding carboxylic acids is 2. The van der Waals surface area contributed by atoms with E-state index >= 15 is 0 Å². The Kier molecular flexibility index (Phi) is 5.16. The minimum atomic E-state index is -0.151. The molecule has 0 radical (unpaired) electrons. The smallest absolute Gasteiger partial charge is 0.228 e. The SMILES string of the molecule is Cc1ccc([C@@H]2[C@@H](C(=O)N3C[C@H](C)C[C@H](C)C3)CCC(=O)N2C)cc1. The van der Waals surface area contributed by atoms with Crippen molar-refractivity contribution in [3.8, 4) is 0 Å². The molecule has 0 spiro atoms. The maximum Gasteiger partial charge on any atom is 0.228 e. The van der Waals surface area contributed by atoms with E-state index in [0.29, 0.717) is 24.7 Å². The minimum absolute atomic E-state index is 0.134. The van der Waals surface area contributed by atoms with E-state index in [1.165, 1.54) is 12.0 Å². The Morgan fingerprint density at radius 3 is 2.28 bits per heavy atom. The van der Waals surface area contributed by atoms with E-state index < -0.39 is 0 Å². The molecule has 4 atom stereocenters. The molecule has 4 nitrogen and oxygen atoms in total. The first-order valence-electron chi connectivity index (χ1n) is 9.47. The van der Waals surface area contributed by atoms with Gasteiger partial charge in [-0.05, 0) is 37.2 Å². The molecule has 25 heavy (non-hydrogen) atoms. The predicted molar refractivity (Wildman–Crippen MR) is 98.9 cm³/mol. The summed E-state index contributed by atoms with van der Waals surface area (Å²) in [5.41, 5.74) is 2.26. The van der Waals surface area contributed by atoms with E-state index in [4.69, 9.17) is 0 Å². The summed E-state index contributed by atoms with van der Waals surface area (Å²) in [5, 5.41) is 0. The predicted octanol–water partition coefficient (Wildman–Crippen LogP) is 3.41. The summed E-state index contributed by atoms with van der Waals surface area (Å²) < 4.78 is 0. The molecule has 3 rings (SSSR count). The van der Waals surface area contributed by atoms with Crippen LogP contribution in [0.4, 0.5) is 0 Å². The first-order valence-corrected chi connectivity index (χ1v) is 9.47. The number of likely N-dealkylation sites (tertiary alicyclic amines) is 2. The van der Waals surface area contributed by atoms with E-state index in [0.717, 1.165) is 18.7 Å². The molecule has 0 unspecified atom stereocenters. The third-order valence-electron chi connectivity index (χ3n) is 5.78. The van der Waals surface area contributed by atoms with Gasteiger partial charge in [-0.25, -0.2) is 0 Å². The molecule has 1 aromatic carbocycles. The Bertz CT molecular complexity index is 630. The van der Waals surface area contributed by atoms with Gasteiger partial charge in [0.15, 0.2) is 0 Å². The van der Waals surface area contributed by atoms with Crippen molar-refractivity contribution < 1.29 is 9.59 Å². The molecule has 1 aromatic rings. The van der Waals surface area contributed by atoms with Gasteiger partial charge in [-0.1, -0.05) is 43.7 Å². The summed E-state index contributed by atoms with van der Waals surface area (Å²) in [6, 6.07) is 8.11. The standard InChI is InChI=1S/C21H30N2O2/c1-14-5-7-17(8-6-14)20-18(9-10-19(24)22(20)4)21(25)23-12-15(2)11-16(3)13-23/h5-8,15-16,18,20H,9-13H2,1-4H3/t15-,16+,18-,20+/m0/s1. The molecule has 2 aliphatic rings. The van der Waals surface area contributed by atoms with E-state index in [9.17, 15) is 9.59 Å². The number of hydrogen-bond donors (Lipinski definition) is 0. The number of rotatable bonds is 2. The second-order valence-corrected chi connectivity index (χ2v) is 8.19. The van der Waals surface area contributed by atoms with Gasteiger partial charge in [-0.3, -0.25) is 9.59 Å². The lowest BCUT2D eigenvalue weighted by Crippen LogP contribution is -2.50. The average molecular weight is 342 g/mol. The highest BCUT2D eigenvalue weighted by molar-refractivity contribution is 5.85. The summed E-state index contributed by atoms with van der Waals surface area (Å²) in [7, 11) is 1.84. The molecule has 2 amide bonds. The van der Waals surface area contributed by atoms with Crippen molar-refractivity contribution in [2.75, 3.05) is 20.1 Å². The van der Waals surface area contributed by atoms with Crippen LogP contribution in [0.25, 0.3) is 0 Å². The number of benzene rings is 1. The number of carbonyl (C=O) groups is 2. The van der Waals surface area contributed by atoms with Gasteiger partial charge in [-0.2, -0.15) is 0 Å². The number of piperidine rings is 2. The lowest BCUT2D eigenvalue weighted by molar-refractivity contribution is -0.148. The maximum atomic E-state index is 13.3. The Labute approximate surface area is 151 Å². The highest BCUT2D eigenvalue weighted by Gasteiger charge is 2.41. The van der Waals surface area contributed by atoms with Crippen LogP contribution < -0.4 is 0 Å². The summed E-state index contributed by atoms with van der Waals surface area (Å²) in [6.07, 6.45) is 2.31. The highest BCUT2D eigenvalue weighted by atomic mass is 16.2. The molecule has 2 aliphatic heterocycles. The third kappa shape index (κ3) is 3.73. The van der Waals surface area contributed by atoms with Crippen LogP contribution in [0.3, 0.4) is 0 Å². The zero-order chi connectivity index (χ0) is 18.1. The summed E-state index contributed by atoms with van der Waals surface area (Å²) >= 11 is 0. The molecule has 2 saturated heterocycles. The molecule has 0 bridgehead atoms. The number of hydrogen-bond acceptors (Lipinski definition) is 2. The minimum Gasteiger partial charge on any atom is -0.342 e. The van der Waals surface area contributed by atoms with Crippen molar-refractivity contribution in [1.29, 1.82) is 0 Å². The molecule has 136 valence electrons. The quantitative estimate of drug-likeness (QED) is 0.826. The van der Waals surface area contributed by atoms with Gasteiger partial charge in [0.2, 0.25) is 11.8 Å². The number of nitrogens with zero attached hydrogens (tertiary/aromatic N) is 2. The van der Waals surface area contributed by atoms with Crippen LogP contribution >= 0.6 is 0 Å². The van der Waals surface area contributed by atoms with Gasteiger partial charge in [0.25, 0.3) is 0 Å². The number of aryl methyl sites for hydroxylation is 1. The molecule has 0 saturated carbocycles. The second-order valence-electron chi connectivity index (χ2n) is 8.19.